The summed E-state index contributed by atoms with van der Waals surface area (Å²) in [5, 5.41) is 7.73. The molecule has 0 amide bonds. The van der Waals surface area contributed by atoms with Crippen LogP contribution in [0.2, 0.25) is 0 Å². The molecule has 0 N–H and O–H groups in total. The van der Waals surface area contributed by atoms with Crippen molar-refractivity contribution in [2.24, 2.45) is 0 Å². The molecule has 2 aromatic rings. The molecular formula is C12H9BrN2O. The van der Waals surface area contributed by atoms with Gasteiger partial charge < -0.3 is 4.74 Å². The Labute approximate surface area is 102 Å². The molecule has 1 aromatic carbocycles. The lowest BCUT2D eigenvalue weighted by Gasteiger charge is -2.05. The van der Waals surface area contributed by atoms with Gasteiger partial charge in [-0.05, 0) is 39.2 Å². The lowest BCUT2D eigenvalue weighted by Crippen LogP contribution is -1.86. The number of rotatable bonds is 1. The number of fused-ring (bicyclic) bond motifs is 1. The molecule has 16 heavy (non-hydrogen) atoms. The Hall–Kier alpha value is -1.42. The summed E-state index contributed by atoms with van der Waals surface area (Å²) in [6.45, 7) is 0.786. The summed E-state index contributed by atoms with van der Waals surface area (Å²) in [5.74, 6) is 1.00. The number of ether oxygens (including phenoxy) is 1. The fraction of sp³-hybridized carbons (Fsp3) is 0.167. The molecule has 0 unspecified atom stereocenters. The SMILES string of the molecule is Brc1cnncc1-c1ccc2c(c1)CCO2. The first-order chi connectivity index (χ1) is 7.84. The van der Waals surface area contributed by atoms with E-state index in [0.717, 1.165) is 34.4 Å². The van der Waals surface area contributed by atoms with Crippen molar-refractivity contribution in [3.63, 3.8) is 0 Å². The topological polar surface area (TPSA) is 35.0 Å². The minimum atomic E-state index is 0.786. The van der Waals surface area contributed by atoms with Crippen molar-refractivity contribution >= 4 is 15.9 Å². The third-order valence-electron chi connectivity index (χ3n) is 2.68. The normalized spacial score (nSPS) is 13.3. The fourth-order valence-corrected chi connectivity index (χ4v) is 2.30. The monoisotopic (exact) mass is 276 g/mol. The smallest absolute Gasteiger partial charge is 0.122 e. The van der Waals surface area contributed by atoms with E-state index in [1.54, 1.807) is 12.4 Å². The van der Waals surface area contributed by atoms with Gasteiger partial charge >= 0.3 is 0 Å². The van der Waals surface area contributed by atoms with Crippen LogP contribution in [0.15, 0.2) is 35.1 Å². The molecule has 2 heterocycles. The van der Waals surface area contributed by atoms with Crippen molar-refractivity contribution < 1.29 is 4.74 Å². The van der Waals surface area contributed by atoms with Crippen molar-refractivity contribution in [1.29, 1.82) is 0 Å². The molecular weight excluding hydrogens is 268 g/mol. The van der Waals surface area contributed by atoms with Gasteiger partial charge in [-0.3, -0.25) is 0 Å². The molecule has 0 spiro atoms. The number of hydrogen-bond acceptors (Lipinski definition) is 3. The zero-order valence-corrected chi connectivity index (χ0v) is 10.1. The van der Waals surface area contributed by atoms with Crippen LogP contribution in [0.4, 0.5) is 0 Å². The summed E-state index contributed by atoms with van der Waals surface area (Å²) in [6, 6.07) is 6.22. The van der Waals surface area contributed by atoms with Gasteiger partial charge in [0.15, 0.2) is 0 Å². The highest BCUT2D eigenvalue weighted by Crippen LogP contribution is 2.32. The van der Waals surface area contributed by atoms with Gasteiger partial charge in [-0.25, -0.2) is 0 Å². The van der Waals surface area contributed by atoms with Gasteiger partial charge in [0.2, 0.25) is 0 Å². The minimum absolute atomic E-state index is 0.786. The Morgan fingerprint density at radius 3 is 2.94 bits per heavy atom. The highest BCUT2D eigenvalue weighted by atomic mass is 79.9. The average molecular weight is 277 g/mol. The predicted molar refractivity (Wildman–Crippen MR) is 64.4 cm³/mol. The molecule has 0 saturated carbocycles. The summed E-state index contributed by atoms with van der Waals surface area (Å²) in [7, 11) is 0. The molecule has 0 aliphatic carbocycles. The second-order valence-electron chi connectivity index (χ2n) is 3.67. The van der Waals surface area contributed by atoms with Crippen LogP contribution in [0, 0.1) is 0 Å². The fourth-order valence-electron chi connectivity index (χ4n) is 1.87. The van der Waals surface area contributed by atoms with E-state index in [4.69, 9.17) is 4.74 Å². The third kappa shape index (κ3) is 1.59. The molecule has 0 saturated heterocycles. The third-order valence-corrected chi connectivity index (χ3v) is 3.31. The molecule has 0 radical (unpaired) electrons. The lowest BCUT2D eigenvalue weighted by molar-refractivity contribution is 0.357. The van der Waals surface area contributed by atoms with Crippen molar-refractivity contribution in [3.8, 4) is 16.9 Å². The van der Waals surface area contributed by atoms with Crippen molar-refractivity contribution in [2.75, 3.05) is 6.61 Å². The van der Waals surface area contributed by atoms with Crippen molar-refractivity contribution in [3.05, 3.63) is 40.6 Å². The number of benzene rings is 1. The van der Waals surface area contributed by atoms with E-state index >= 15 is 0 Å². The zero-order valence-electron chi connectivity index (χ0n) is 8.48. The Balaban J connectivity index is 2.11. The van der Waals surface area contributed by atoms with Crippen LogP contribution in [0.1, 0.15) is 5.56 Å². The summed E-state index contributed by atoms with van der Waals surface area (Å²) in [4.78, 5) is 0. The number of hydrogen-bond donors (Lipinski definition) is 0. The van der Waals surface area contributed by atoms with Crippen LogP contribution in [0.3, 0.4) is 0 Å². The van der Waals surface area contributed by atoms with Gasteiger partial charge in [0.1, 0.15) is 5.75 Å². The Morgan fingerprint density at radius 1 is 1.19 bits per heavy atom. The molecule has 1 aliphatic heterocycles. The van der Waals surface area contributed by atoms with E-state index < -0.39 is 0 Å². The lowest BCUT2D eigenvalue weighted by atomic mass is 10.0. The van der Waals surface area contributed by atoms with Crippen LogP contribution >= 0.6 is 15.9 Å². The van der Waals surface area contributed by atoms with Crippen LogP contribution < -0.4 is 4.74 Å². The molecule has 1 aliphatic rings. The molecule has 0 fully saturated rings. The predicted octanol–water partition coefficient (Wildman–Crippen LogP) is 2.84. The second-order valence-corrected chi connectivity index (χ2v) is 4.53. The Bertz CT molecular complexity index is 542. The molecule has 1 aromatic heterocycles. The van der Waals surface area contributed by atoms with Crippen LogP contribution in [-0.2, 0) is 6.42 Å². The van der Waals surface area contributed by atoms with Gasteiger partial charge in [-0.1, -0.05) is 6.07 Å². The summed E-state index contributed by atoms with van der Waals surface area (Å²) in [6.07, 6.45) is 4.46. The van der Waals surface area contributed by atoms with E-state index in [1.165, 1.54) is 5.56 Å². The molecule has 0 atom stereocenters. The van der Waals surface area contributed by atoms with Crippen LogP contribution in [0.25, 0.3) is 11.1 Å². The maximum absolute atomic E-state index is 5.48. The minimum Gasteiger partial charge on any atom is -0.493 e. The highest BCUT2D eigenvalue weighted by molar-refractivity contribution is 9.10. The first-order valence-electron chi connectivity index (χ1n) is 5.07. The Morgan fingerprint density at radius 2 is 2.06 bits per heavy atom. The zero-order chi connectivity index (χ0) is 11.0. The summed E-state index contributed by atoms with van der Waals surface area (Å²) >= 11 is 3.48. The number of nitrogens with zero attached hydrogens (tertiary/aromatic N) is 2. The van der Waals surface area contributed by atoms with Gasteiger partial charge in [0.05, 0.1) is 19.0 Å². The standard InChI is InChI=1S/C12H9BrN2O/c13-11-7-15-14-6-10(11)8-1-2-12-9(5-8)3-4-16-12/h1-2,5-7H,3-4H2. The molecule has 4 heteroatoms. The van der Waals surface area contributed by atoms with Gasteiger partial charge in [0, 0.05) is 16.5 Å². The summed E-state index contributed by atoms with van der Waals surface area (Å²) in [5.41, 5.74) is 3.47. The quantitative estimate of drug-likeness (QED) is 0.804. The van der Waals surface area contributed by atoms with E-state index in [2.05, 4.69) is 32.2 Å². The Kier molecular flexibility index (Phi) is 2.36. The van der Waals surface area contributed by atoms with E-state index in [-0.39, 0.29) is 0 Å². The second kappa shape index (κ2) is 3.87. The number of aromatic nitrogens is 2. The molecule has 3 nitrogen and oxygen atoms in total. The summed E-state index contributed by atoms with van der Waals surface area (Å²) < 4.78 is 6.44. The van der Waals surface area contributed by atoms with E-state index in [0.29, 0.717) is 0 Å². The van der Waals surface area contributed by atoms with Gasteiger partial charge in [0.25, 0.3) is 0 Å². The maximum Gasteiger partial charge on any atom is 0.122 e. The first kappa shape index (κ1) is 9.78. The van der Waals surface area contributed by atoms with Crippen LogP contribution in [0.5, 0.6) is 5.75 Å². The van der Waals surface area contributed by atoms with Gasteiger partial charge in [-0.15, -0.1) is 0 Å². The first-order valence-corrected chi connectivity index (χ1v) is 5.86. The molecule has 0 bridgehead atoms. The van der Waals surface area contributed by atoms with Gasteiger partial charge in [-0.2, -0.15) is 10.2 Å². The van der Waals surface area contributed by atoms with Crippen molar-refractivity contribution in [2.45, 2.75) is 6.42 Å². The largest absolute Gasteiger partial charge is 0.493 e. The average Bonchev–Trinajstić information content (AvgIpc) is 2.76. The van der Waals surface area contributed by atoms with Crippen molar-refractivity contribution in [1.82, 2.24) is 10.2 Å². The highest BCUT2D eigenvalue weighted by Gasteiger charge is 2.13. The van der Waals surface area contributed by atoms with Crippen LogP contribution in [-0.4, -0.2) is 16.8 Å². The molecule has 80 valence electrons. The maximum atomic E-state index is 5.48. The van der Waals surface area contributed by atoms with E-state index in [1.807, 2.05) is 12.1 Å². The molecule has 3 rings (SSSR count). The van der Waals surface area contributed by atoms with E-state index in [9.17, 15) is 0 Å². The number of halogens is 1.